The van der Waals surface area contributed by atoms with Crippen LogP contribution in [0.3, 0.4) is 0 Å². The number of rotatable bonds is 3. The van der Waals surface area contributed by atoms with Crippen LogP contribution in [0.15, 0.2) is 36.4 Å². The molecule has 5 heteroatoms. The predicted molar refractivity (Wildman–Crippen MR) is 73.6 cm³/mol. The number of nitrogens with two attached hydrogens (primary N) is 1. The van der Waals surface area contributed by atoms with Crippen molar-refractivity contribution in [1.29, 1.82) is 0 Å². The van der Waals surface area contributed by atoms with Crippen molar-refractivity contribution in [3.05, 3.63) is 59.2 Å². The van der Waals surface area contributed by atoms with Gasteiger partial charge in [-0.3, -0.25) is 0 Å². The highest BCUT2D eigenvalue weighted by Crippen LogP contribution is 2.35. The monoisotopic (exact) mass is 289 g/mol. The fourth-order valence-electron chi connectivity index (χ4n) is 2.54. The number of halogens is 2. The van der Waals surface area contributed by atoms with Gasteiger partial charge in [0.2, 0.25) is 0 Å². The van der Waals surface area contributed by atoms with Gasteiger partial charge in [0.25, 0.3) is 0 Å². The lowest BCUT2D eigenvalue weighted by molar-refractivity contribution is 0.0374. The molecule has 0 fully saturated rings. The summed E-state index contributed by atoms with van der Waals surface area (Å²) in [5.41, 5.74) is 7.63. The third kappa shape index (κ3) is 2.52. The zero-order chi connectivity index (χ0) is 15.0. The average Bonchev–Trinajstić information content (AvgIpc) is 2.74. The van der Waals surface area contributed by atoms with Gasteiger partial charge in [-0.25, -0.2) is 13.6 Å². The van der Waals surface area contributed by atoms with Gasteiger partial charge in [-0.1, -0.05) is 12.1 Å². The molecule has 3 rings (SSSR count). The molecule has 21 heavy (non-hydrogen) atoms. The Bertz CT molecular complexity index is 695. The van der Waals surface area contributed by atoms with Gasteiger partial charge in [0, 0.05) is 18.1 Å². The fourth-order valence-corrected chi connectivity index (χ4v) is 2.54. The summed E-state index contributed by atoms with van der Waals surface area (Å²) in [4.78, 5) is 11.9. The van der Waals surface area contributed by atoms with Crippen LogP contribution in [-0.2, 0) is 4.74 Å². The molecule has 0 saturated carbocycles. The molecule has 0 spiro atoms. The molecule has 0 radical (unpaired) electrons. The van der Waals surface area contributed by atoms with Gasteiger partial charge in [-0.15, -0.1) is 0 Å². The smallest absolute Gasteiger partial charge is 0.339 e. The summed E-state index contributed by atoms with van der Waals surface area (Å²) in [6.45, 7) is 0.411. The maximum Gasteiger partial charge on any atom is 0.339 e. The van der Waals surface area contributed by atoms with E-state index in [2.05, 4.69) is 0 Å². The highest BCUT2D eigenvalue weighted by molar-refractivity contribution is 5.95. The summed E-state index contributed by atoms with van der Waals surface area (Å²) in [5, 5.41) is 0. The first-order valence-corrected chi connectivity index (χ1v) is 6.60. The van der Waals surface area contributed by atoms with E-state index < -0.39 is 17.6 Å². The van der Waals surface area contributed by atoms with Crippen LogP contribution < -0.4 is 5.73 Å². The minimum atomic E-state index is -0.658. The van der Waals surface area contributed by atoms with Gasteiger partial charge < -0.3 is 10.5 Å². The third-order valence-electron chi connectivity index (χ3n) is 3.49. The van der Waals surface area contributed by atoms with Gasteiger partial charge in [0.1, 0.15) is 17.7 Å². The SMILES string of the molecule is NCCC1OC(=O)c2cc(-c3cc(F)cc(F)c3)ccc21. The number of ether oxygens (including phenoxy) is 1. The summed E-state index contributed by atoms with van der Waals surface area (Å²) < 4.78 is 31.8. The second kappa shape index (κ2) is 5.26. The lowest BCUT2D eigenvalue weighted by Crippen LogP contribution is -2.06. The minimum Gasteiger partial charge on any atom is -0.454 e. The van der Waals surface area contributed by atoms with Crippen LogP contribution in [0, 0.1) is 11.6 Å². The van der Waals surface area contributed by atoms with E-state index in [4.69, 9.17) is 10.5 Å². The minimum absolute atomic E-state index is 0.337. The largest absolute Gasteiger partial charge is 0.454 e. The van der Waals surface area contributed by atoms with Gasteiger partial charge in [-0.2, -0.15) is 0 Å². The molecule has 1 heterocycles. The van der Waals surface area contributed by atoms with Crippen molar-refractivity contribution in [1.82, 2.24) is 0 Å². The summed E-state index contributed by atoms with van der Waals surface area (Å²) in [6, 6.07) is 8.33. The molecule has 2 N–H and O–H groups in total. The number of hydrogen-bond acceptors (Lipinski definition) is 3. The highest BCUT2D eigenvalue weighted by atomic mass is 19.1. The van der Waals surface area contributed by atoms with Crippen LogP contribution in [0.25, 0.3) is 11.1 Å². The number of benzene rings is 2. The van der Waals surface area contributed by atoms with Crippen LogP contribution in [-0.4, -0.2) is 12.5 Å². The molecule has 108 valence electrons. The van der Waals surface area contributed by atoms with E-state index in [9.17, 15) is 13.6 Å². The van der Waals surface area contributed by atoms with Crippen LogP contribution in [0.2, 0.25) is 0 Å². The van der Waals surface area contributed by atoms with Crippen LogP contribution in [0.5, 0.6) is 0 Å². The normalized spacial score (nSPS) is 16.7. The Morgan fingerprint density at radius 3 is 2.43 bits per heavy atom. The summed E-state index contributed by atoms with van der Waals surface area (Å²) in [5.74, 6) is -1.75. The maximum absolute atomic E-state index is 13.3. The summed E-state index contributed by atoms with van der Waals surface area (Å²) in [6.07, 6.45) is 0.211. The molecular formula is C16H13F2NO2. The molecule has 3 nitrogen and oxygen atoms in total. The summed E-state index contributed by atoms with van der Waals surface area (Å²) >= 11 is 0. The highest BCUT2D eigenvalue weighted by Gasteiger charge is 2.30. The maximum atomic E-state index is 13.3. The number of esters is 1. The lowest BCUT2D eigenvalue weighted by Gasteiger charge is -2.09. The van der Waals surface area contributed by atoms with E-state index in [1.54, 1.807) is 18.2 Å². The van der Waals surface area contributed by atoms with Gasteiger partial charge in [0.15, 0.2) is 0 Å². The molecule has 1 atom stereocenters. The van der Waals surface area contributed by atoms with Crippen molar-refractivity contribution in [3.8, 4) is 11.1 Å². The first-order valence-electron chi connectivity index (χ1n) is 6.60. The first-order chi connectivity index (χ1) is 10.1. The van der Waals surface area contributed by atoms with Gasteiger partial charge >= 0.3 is 5.97 Å². The van der Waals surface area contributed by atoms with Crippen molar-refractivity contribution >= 4 is 5.97 Å². The van der Waals surface area contributed by atoms with Gasteiger partial charge in [0.05, 0.1) is 5.56 Å². The average molecular weight is 289 g/mol. The van der Waals surface area contributed by atoms with E-state index in [1.807, 2.05) is 0 Å². The topological polar surface area (TPSA) is 52.3 Å². The van der Waals surface area contributed by atoms with Gasteiger partial charge in [-0.05, 0) is 35.9 Å². The molecule has 1 aliphatic heterocycles. The number of fused-ring (bicyclic) bond motifs is 1. The van der Waals surface area contributed by atoms with Crippen molar-refractivity contribution in [2.24, 2.45) is 5.73 Å². The molecule has 1 aliphatic rings. The molecule has 2 aromatic carbocycles. The van der Waals surface area contributed by atoms with Crippen LogP contribution >= 0.6 is 0 Å². The van der Waals surface area contributed by atoms with Crippen molar-refractivity contribution < 1.29 is 18.3 Å². The number of cyclic esters (lactones) is 1. The zero-order valence-electron chi connectivity index (χ0n) is 11.1. The van der Waals surface area contributed by atoms with Crippen LogP contribution in [0.4, 0.5) is 8.78 Å². The Balaban J connectivity index is 2.04. The Hall–Kier alpha value is -2.27. The fraction of sp³-hybridized carbons (Fsp3) is 0.188. The molecule has 0 aliphatic carbocycles. The first kappa shape index (κ1) is 13.7. The molecule has 1 unspecified atom stereocenters. The van der Waals surface area contributed by atoms with E-state index >= 15 is 0 Å². The standard InChI is InChI=1S/C16H13F2NO2/c17-11-5-10(6-12(18)8-11)9-1-2-13-14(7-9)16(20)21-15(13)3-4-19/h1-2,5-8,15H,3-4,19H2. The molecule has 2 aromatic rings. The van der Waals surface area contributed by atoms with E-state index in [0.717, 1.165) is 11.6 Å². The zero-order valence-corrected chi connectivity index (χ0v) is 11.1. The van der Waals surface area contributed by atoms with Crippen molar-refractivity contribution in [2.75, 3.05) is 6.54 Å². The Morgan fingerprint density at radius 1 is 1.05 bits per heavy atom. The second-order valence-corrected chi connectivity index (χ2v) is 4.93. The third-order valence-corrected chi connectivity index (χ3v) is 3.49. The number of carbonyl (C=O) groups excluding carboxylic acids is 1. The number of hydrogen-bond donors (Lipinski definition) is 1. The van der Waals surface area contributed by atoms with Crippen molar-refractivity contribution in [3.63, 3.8) is 0 Å². The Kier molecular flexibility index (Phi) is 3.43. The molecule has 0 saturated heterocycles. The molecule has 0 bridgehead atoms. The van der Waals surface area contributed by atoms with E-state index in [-0.39, 0.29) is 6.10 Å². The predicted octanol–water partition coefficient (Wildman–Crippen LogP) is 3.19. The van der Waals surface area contributed by atoms with E-state index in [1.165, 1.54) is 12.1 Å². The molecule has 0 amide bonds. The van der Waals surface area contributed by atoms with E-state index in [0.29, 0.717) is 29.7 Å². The second-order valence-electron chi connectivity index (χ2n) is 4.93. The van der Waals surface area contributed by atoms with Crippen molar-refractivity contribution in [2.45, 2.75) is 12.5 Å². The quantitative estimate of drug-likeness (QED) is 0.883. The Morgan fingerprint density at radius 2 is 1.76 bits per heavy atom. The lowest BCUT2D eigenvalue weighted by atomic mass is 9.97. The van der Waals surface area contributed by atoms with Crippen LogP contribution in [0.1, 0.15) is 28.4 Å². The molecule has 0 aromatic heterocycles. The Labute approximate surface area is 120 Å². The number of carbonyl (C=O) groups is 1. The summed E-state index contributed by atoms with van der Waals surface area (Å²) in [7, 11) is 0. The molecular weight excluding hydrogens is 276 g/mol.